The second-order valence-electron chi connectivity index (χ2n) is 7.03. The maximum Gasteiger partial charge on any atom is 0.123 e. The lowest BCUT2D eigenvalue weighted by atomic mass is 9.96. The Morgan fingerprint density at radius 1 is 1.08 bits per heavy atom. The van der Waals surface area contributed by atoms with Crippen LogP contribution in [0.2, 0.25) is 0 Å². The zero-order valence-electron chi connectivity index (χ0n) is 14.3. The van der Waals surface area contributed by atoms with Crippen LogP contribution in [0, 0.1) is 12.7 Å². The van der Waals surface area contributed by atoms with Crippen LogP contribution in [0.25, 0.3) is 11.3 Å². The third-order valence-corrected chi connectivity index (χ3v) is 5.15. The predicted octanol–water partition coefficient (Wildman–Crippen LogP) is 4.35. The summed E-state index contributed by atoms with van der Waals surface area (Å²) in [6.45, 7) is 3.75. The van der Waals surface area contributed by atoms with Gasteiger partial charge in [-0.1, -0.05) is 42.0 Å². The molecule has 0 aliphatic heterocycles. The van der Waals surface area contributed by atoms with E-state index in [1.54, 1.807) is 12.1 Å². The quantitative estimate of drug-likeness (QED) is 0.703. The first-order chi connectivity index (χ1) is 12.2. The lowest BCUT2D eigenvalue weighted by Crippen LogP contribution is -2.26. The molecule has 1 fully saturated rings. The molecule has 0 saturated heterocycles. The average molecular weight is 335 g/mol. The van der Waals surface area contributed by atoms with Crippen LogP contribution in [0.1, 0.15) is 29.5 Å². The Morgan fingerprint density at radius 2 is 1.80 bits per heavy atom. The van der Waals surface area contributed by atoms with Crippen molar-refractivity contribution < 1.29 is 4.39 Å². The number of aromatic nitrogens is 2. The van der Waals surface area contributed by atoms with E-state index >= 15 is 0 Å². The molecule has 2 N–H and O–H groups in total. The molecule has 128 valence electrons. The molecule has 3 aromatic rings. The first-order valence-electron chi connectivity index (χ1n) is 8.72. The molecule has 0 unspecified atom stereocenters. The number of H-pyrrole nitrogens is 1. The lowest BCUT2D eigenvalue weighted by molar-refractivity contribution is 0.571. The summed E-state index contributed by atoms with van der Waals surface area (Å²) in [5, 5.41) is 10.9. The van der Waals surface area contributed by atoms with E-state index < -0.39 is 0 Å². The first-order valence-corrected chi connectivity index (χ1v) is 8.72. The molecule has 0 atom stereocenters. The van der Waals surface area contributed by atoms with Crippen molar-refractivity contribution in [3.05, 3.63) is 77.2 Å². The van der Waals surface area contributed by atoms with E-state index in [-0.39, 0.29) is 11.2 Å². The fourth-order valence-electron chi connectivity index (χ4n) is 3.37. The molecular formula is C21H22FN3. The van der Waals surface area contributed by atoms with Gasteiger partial charge in [0.2, 0.25) is 0 Å². The summed E-state index contributed by atoms with van der Waals surface area (Å²) >= 11 is 0. The summed E-state index contributed by atoms with van der Waals surface area (Å²) in [6.07, 6.45) is 4.20. The van der Waals surface area contributed by atoms with E-state index in [9.17, 15) is 4.39 Å². The van der Waals surface area contributed by atoms with Gasteiger partial charge in [0, 0.05) is 24.1 Å². The number of hydrogen-bond donors (Lipinski definition) is 2. The van der Waals surface area contributed by atoms with E-state index in [1.165, 1.54) is 16.7 Å². The minimum atomic E-state index is -0.173. The van der Waals surface area contributed by atoms with E-state index in [1.807, 2.05) is 18.3 Å². The van der Waals surface area contributed by atoms with Crippen molar-refractivity contribution in [2.24, 2.45) is 0 Å². The second kappa shape index (κ2) is 6.45. The van der Waals surface area contributed by atoms with Crippen molar-refractivity contribution in [1.29, 1.82) is 0 Å². The van der Waals surface area contributed by atoms with Crippen molar-refractivity contribution in [2.45, 2.75) is 31.7 Å². The fraction of sp³-hybridized carbons (Fsp3) is 0.286. The number of aryl methyl sites for hydroxylation is 1. The predicted molar refractivity (Wildman–Crippen MR) is 97.8 cm³/mol. The van der Waals surface area contributed by atoms with Gasteiger partial charge in [-0.3, -0.25) is 5.10 Å². The maximum atomic E-state index is 13.1. The topological polar surface area (TPSA) is 40.7 Å². The Labute approximate surface area is 147 Å². The summed E-state index contributed by atoms with van der Waals surface area (Å²) in [5.41, 5.74) is 6.03. The zero-order chi connectivity index (χ0) is 17.3. The molecule has 1 aliphatic rings. The van der Waals surface area contributed by atoms with Crippen molar-refractivity contribution in [3.63, 3.8) is 0 Å². The first kappa shape index (κ1) is 16.0. The molecule has 0 radical (unpaired) electrons. The van der Waals surface area contributed by atoms with Gasteiger partial charge in [-0.15, -0.1) is 0 Å². The van der Waals surface area contributed by atoms with Gasteiger partial charge in [-0.25, -0.2) is 4.39 Å². The minimum Gasteiger partial charge on any atom is -0.312 e. The van der Waals surface area contributed by atoms with Gasteiger partial charge in [-0.2, -0.15) is 5.10 Å². The van der Waals surface area contributed by atoms with Crippen LogP contribution in [-0.2, 0) is 12.0 Å². The average Bonchev–Trinajstić information content (AvgIpc) is 3.26. The second-order valence-corrected chi connectivity index (χ2v) is 7.03. The van der Waals surface area contributed by atoms with Crippen molar-refractivity contribution in [2.75, 3.05) is 6.54 Å². The number of rotatable bonds is 6. The van der Waals surface area contributed by atoms with Crippen LogP contribution in [0.5, 0.6) is 0 Å². The maximum absolute atomic E-state index is 13.1. The monoisotopic (exact) mass is 335 g/mol. The summed E-state index contributed by atoms with van der Waals surface area (Å²) < 4.78 is 13.1. The number of hydrogen-bond acceptors (Lipinski definition) is 2. The molecule has 1 aliphatic carbocycles. The highest BCUT2D eigenvalue weighted by Crippen LogP contribution is 2.47. The smallest absolute Gasteiger partial charge is 0.123 e. The molecule has 1 aromatic heterocycles. The largest absolute Gasteiger partial charge is 0.312 e. The molecule has 0 amide bonds. The van der Waals surface area contributed by atoms with Crippen LogP contribution < -0.4 is 5.32 Å². The summed E-state index contributed by atoms with van der Waals surface area (Å²) in [4.78, 5) is 0. The molecule has 0 bridgehead atoms. The SMILES string of the molecule is Cc1ccc(-c2[nH]ncc2CNCC2(c3ccc(F)cc3)CC2)cc1. The van der Waals surface area contributed by atoms with E-state index in [0.29, 0.717) is 0 Å². The fourth-order valence-corrected chi connectivity index (χ4v) is 3.37. The van der Waals surface area contributed by atoms with Gasteiger partial charge < -0.3 is 5.32 Å². The highest BCUT2D eigenvalue weighted by molar-refractivity contribution is 5.62. The molecule has 1 heterocycles. The molecule has 2 aromatic carbocycles. The molecule has 1 saturated carbocycles. The Kier molecular flexibility index (Phi) is 4.14. The number of aromatic amines is 1. The van der Waals surface area contributed by atoms with Crippen molar-refractivity contribution >= 4 is 0 Å². The third kappa shape index (κ3) is 3.35. The molecule has 3 nitrogen and oxygen atoms in total. The van der Waals surface area contributed by atoms with Gasteiger partial charge in [-0.05, 0) is 43.0 Å². The Balaban J connectivity index is 1.42. The highest BCUT2D eigenvalue weighted by atomic mass is 19.1. The summed E-state index contributed by atoms with van der Waals surface area (Å²) in [5.74, 6) is -0.173. The molecular weight excluding hydrogens is 313 g/mol. The number of halogens is 1. The highest BCUT2D eigenvalue weighted by Gasteiger charge is 2.43. The number of nitrogens with zero attached hydrogens (tertiary/aromatic N) is 1. The van der Waals surface area contributed by atoms with Gasteiger partial charge in [0.05, 0.1) is 11.9 Å². The Hall–Kier alpha value is -2.46. The normalized spacial score (nSPS) is 15.3. The number of nitrogens with one attached hydrogen (secondary N) is 2. The third-order valence-electron chi connectivity index (χ3n) is 5.15. The molecule has 25 heavy (non-hydrogen) atoms. The van der Waals surface area contributed by atoms with Crippen LogP contribution in [0.3, 0.4) is 0 Å². The van der Waals surface area contributed by atoms with Gasteiger partial charge in [0.25, 0.3) is 0 Å². The Bertz CT molecular complexity index is 846. The zero-order valence-corrected chi connectivity index (χ0v) is 14.3. The van der Waals surface area contributed by atoms with Gasteiger partial charge >= 0.3 is 0 Å². The van der Waals surface area contributed by atoms with Gasteiger partial charge in [0.15, 0.2) is 0 Å². The Morgan fingerprint density at radius 3 is 2.48 bits per heavy atom. The van der Waals surface area contributed by atoms with E-state index in [4.69, 9.17) is 0 Å². The van der Waals surface area contributed by atoms with Crippen LogP contribution in [-0.4, -0.2) is 16.7 Å². The van der Waals surface area contributed by atoms with Crippen LogP contribution in [0.4, 0.5) is 4.39 Å². The number of benzene rings is 2. The summed E-state index contributed by atoms with van der Waals surface area (Å²) in [6, 6.07) is 15.4. The van der Waals surface area contributed by atoms with Crippen molar-refractivity contribution in [3.8, 4) is 11.3 Å². The van der Waals surface area contributed by atoms with Crippen molar-refractivity contribution in [1.82, 2.24) is 15.5 Å². The molecule has 4 heteroatoms. The van der Waals surface area contributed by atoms with Gasteiger partial charge in [0.1, 0.15) is 5.82 Å². The van der Waals surface area contributed by atoms with Crippen LogP contribution in [0.15, 0.2) is 54.7 Å². The molecule has 0 spiro atoms. The summed E-state index contributed by atoms with van der Waals surface area (Å²) in [7, 11) is 0. The van der Waals surface area contributed by atoms with Crippen LogP contribution >= 0.6 is 0 Å². The molecule has 4 rings (SSSR count). The lowest BCUT2D eigenvalue weighted by Gasteiger charge is -2.16. The minimum absolute atomic E-state index is 0.168. The standard InChI is InChI=1S/C21H22FN3/c1-15-2-4-16(5-3-15)20-17(13-24-25-20)12-23-14-21(10-11-21)18-6-8-19(22)9-7-18/h2-9,13,23H,10-12,14H2,1H3,(H,24,25). The van der Waals surface area contributed by atoms with E-state index in [2.05, 4.69) is 46.7 Å². The van der Waals surface area contributed by atoms with E-state index in [0.717, 1.165) is 37.2 Å².